The highest BCUT2D eigenvalue weighted by atomic mass is 19.1. The molecule has 0 aliphatic heterocycles. The Morgan fingerprint density at radius 3 is 2.63 bits per heavy atom. The number of benzene rings is 1. The molecule has 1 N–H and O–H groups in total. The largest absolute Gasteiger partial charge is 0.496 e. The molecule has 0 aliphatic carbocycles. The summed E-state index contributed by atoms with van der Waals surface area (Å²) in [5.41, 5.74) is -0.0137. The normalized spacial score (nSPS) is 11.3. The van der Waals surface area contributed by atoms with Crippen molar-refractivity contribution in [1.82, 2.24) is 10.2 Å². The first-order chi connectivity index (χ1) is 8.81. The van der Waals surface area contributed by atoms with Gasteiger partial charge >= 0.3 is 0 Å². The van der Waals surface area contributed by atoms with Crippen molar-refractivity contribution in [2.24, 2.45) is 0 Å². The second kappa shape index (κ2) is 6.02. The molecule has 0 aromatic heterocycles. The number of hydrogen-bond donors (Lipinski definition) is 1. The van der Waals surface area contributed by atoms with Gasteiger partial charge in [0.25, 0.3) is 0 Å². The molecule has 0 saturated carbocycles. The molecule has 0 atom stereocenters. The smallest absolute Gasteiger partial charge is 0.242 e. The van der Waals surface area contributed by atoms with Gasteiger partial charge in [-0.3, -0.25) is 4.79 Å². The van der Waals surface area contributed by atoms with E-state index in [0.717, 1.165) is 0 Å². The lowest BCUT2D eigenvalue weighted by Gasteiger charge is -2.29. The lowest BCUT2D eigenvalue weighted by atomic mass is 10.0. The fourth-order valence-electron chi connectivity index (χ4n) is 1.78. The van der Waals surface area contributed by atoms with E-state index in [9.17, 15) is 9.18 Å². The fourth-order valence-corrected chi connectivity index (χ4v) is 1.78. The van der Waals surface area contributed by atoms with Crippen LogP contribution >= 0.6 is 0 Å². The van der Waals surface area contributed by atoms with Crippen LogP contribution in [0.15, 0.2) is 18.2 Å². The Labute approximate surface area is 113 Å². The fraction of sp³-hybridized carbons (Fsp3) is 0.500. The molecule has 0 saturated heterocycles. The van der Waals surface area contributed by atoms with E-state index in [0.29, 0.717) is 17.9 Å². The Hall–Kier alpha value is -1.62. The maximum atomic E-state index is 13.3. The molecular weight excluding hydrogens is 247 g/mol. The Kier molecular flexibility index (Phi) is 4.89. The van der Waals surface area contributed by atoms with Gasteiger partial charge in [0.15, 0.2) is 0 Å². The lowest BCUT2D eigenvalue weighted by Crippen LogP contribution is -2.51. The molecule has 1 aromatic rings. The SMILES string of the molecule is CNC(C)(C)C(=O)N(C)Cc1cc(F)ccc1OC. The van der Waals surface area contributed by atoms with Crippen LogP contribution < -0.4 is 10.1 Å². The highest BCUT2D eigenvalue weighted by Gasteiger charge is 2.28. The topological polar surface area (TPSA) is 41.6 Å². The molecule has 1 aromatic carbocycles. The zero-order valence-corrected chi connectivity index (χ0v) is 12.1. The number of likely N-dealkylation sites (N-methyl/N-ethyl adjacent to an activating group) is 2. The number of carbonyl (C=O) groups is 1. The quantitative estimate of drug-likeness (QED) is 0.885. The first-order valence-electron chi connectivity index (χ1n) is 6.08. The molecule has 0 radical (unpaired) electrons. The number of nitrogens with one attached hydrogen (secondary N) is 1. The number of amides is 1. The summed E-state index contributed by atoms with van der Waals surface area (Å²) >= 11 is 0. The van der Waals surface area contributed by atoms with Crippen molar-refractivity contribution < 1.29 is 13.9 Å². The van der Waals surface area contributed by atoms with Crippen LogP contribution in [-0.4, -0.2) is 37.6 Å². The molecule has 4 nitrogen and oxygen atoms in total. The first-order valence-corrected chi connectivity index (χ1v) is 6.08. The van der Waals surface area contributed by atoms with Gasteiger partial charge in [0.1, 0.15) is 11.6 Å². The number of nitrogens with zero attached hydrogens (tertiary/aromatic N) is 1. The second-order valence-electron chi connectivity index (χ2n) is 4.99. The lowest BCUT2D eigenvalue weighted by molar-refractivity contribution is -0.136. The third-order valence-corrected chi connectivity index (χ3v) is 3.16. The van der Waals surface area contributed by atoms with Gasteiger partial charge in [0.05, 0.1) is 12.6 Å². The summed E-state index contributed by atoms with van der Waals surface area (Å²) in [5, 5.41) is 2.95. The van der Waals surface area contributed by atoms with E-state index in [2.05, 4.69) is 5.32 Å². The predicted octanol–water partition coefficient (Wildman–Crippen LogP) is 1.79. The molecule has 1 amide bonds. The van der Waals surface area contributed by atoms with Crippen LogP contribution in [0.3, 0.4) is 0 Å². The Balaban J connectivity index is 2.91. The molecule has 0 heterocycles. The zero-order valence-electron chi connectivity index (χ0n) is 12.1. The number of carbonyl (C=O) groups excluding carboxylic acids is 1. The summed E-state index contributed by atoms with van der Waals surface area (Å²) in [4.78, 5) is 13.8. The first kappa shape index (κ1) is 15.4. The minimum atomic E-state index is -0.657. The van der Waals surface area contributed by atoms with E-state index in [1.54, 1.807) is 38.9 Å². The summed E-state index contributed by atoms with van der Waals surface area (Å²) in [7, 11) is 4.94. The minimum Gasteiger partial charge on any atom is -0.496 e. The Bertz CT molecular complexity index is 461. The van der Waals surface area contributed by atoms with E-state index in [1.807, 2.05) is 0 Å². The highest BCUT2D eigenvalue weighted by molar-refractivity contribution is 5.85. The molecular formula is C14H21FN2O2. The molecule has 5 heteroatoms. The number of methoxy groups -OCH3 is 1. The van der Waals surface area contributed by atoms with Crippen LogP contribution in [-0.2, 0) is 11.3 Å². The monoisotopic (exact) mass is 268 g/mol. The number of ether oxygens (including phenoxy) is 1. The number of halogens is 1. The Morgan fingerprint density at radius 2 is 2.11 bits per heavy atom. The van der Waals surface area contributed by atoms with Crippen molar-refractivity contribution in [3.63, 3.8) is 0 Å². The zero-order chi connectivity index (χ0) is 14.6. The van der Waals surface area contributed by atoms with Crippen molar-refractivity contribution in [2.75, 3.05) is 21.2 Å². The summed E-state index contributed by atoms with van der Waals surface area (Å²) < 4.78 is 18.4. The van der Waals surface area contributed by atoms with Gasteiger partial charge in [-0.2, -0.15) is 0 Å². The van der Waals surface area contributed by atoms with E-state index in [4.69, 9.17) is 4.74 Å². The average Bonchev–Trinajstić information content (AvgIpc) is 2.38. The van der Waals surface area contributed by atoms with Crippen LogP contribution in [0.4, 0.5) is 4.39 Å². The van der Waals surface area contributed by atoms with E-state index in [-0.39, 0.29) is 11.7 Å². The standard InChI is InChI=1S/C14H21FN2O2/c1-14(2,16-3)13(18)17(4)9-10-8-11(15)6-7-12(10)19-5/h6-8,16H,9H2,1-5H3. The van der Waals surface area contributed by atoms with Gasteiger partial charge in [-0.1, -0.05) is 0 Å². The van der Waals surface area contributed by atoms with Gasteiger partial charge < -0.3 is 15.0 Å². The van der Waals surface area contributed by atoms with Crippen molar-refractivity contribution in [1.29, 1.82) is 0 Å². The molecule has 19 heavy (non-hydrogen) atoms. The third-order valence-electron chi connectivity index (χ3n) is 3.16. The maximum Gasteiger partial charge on any atom is 0.242 e. The van der Waals surface area contributed by atoms with Crippen LogP contribution in [0.2, 0.25) is 0 Å². The van der Waals surface area contributed by atoms with Gasteiger partial charge in [0.2, 0.25) is 5.91 Å². The molecule has 0 aliphatic rings. The molecule has 1 rings (SSSR count). The third kappa shape index (κ3) is 3.67. The van der Waals surface area contributed by atoms with Crippen molar-refractivity contribution in [3.05, 3.63) is 29.6 Å². The summed E-state index contributed by atoms with van der Waals surface area (Å²) in [6, 6.07) is 4.28. The van der Waals surface area contributed by atoms with Crippen molar-refractivity contribution in [2.45, 2.75) is 25.9 Å². The van der Waals surface area contributed by atoms with Gasteiger partial charge in [-0.15, -0.1) is 0 Å². The highest BCUT2D eigenvalue weighted by Crippen LogP contribution is 2.21. The summed E-state index contributed by atoms with van der Waals surface area (Å²) in [6.45, 7) is 3.90. The van der Waals surface area contributed by atoms with E-state index < -0.39 is 5.54 Å². The average molecular weight is 268 g/mol. The minimum absolute atomic E-state index is 0.0682. The molecule has 0 unspecified atom stereocenters. The van der Waals surface area contributed by atoms with Crippen LogP contribution in [0.25, 0.3) is 0 Å². The maximum absolute atomic E-state index is 13.3. The van der Waals surface area contributed by atoms with Gasteiger partial charge in [0, 0.05) is 19.2 Å². The Morgan fingerprint density at radius 1 is 1.47 bits per heavy atom. The van der Waals surface area contributed by atoms with E-state index >= 15 is 0 Å². The van der Waals surface area contributed by atoms with Crippen molar-refractivity contribution >= 4 is 5.91 Å². The molecule has 0 bridgehead atoms. The van der Waals surface area contributed by atoms with Crippen LogP contribution in [0, 0.1) is 5.82 Å². The summed E-state index contributed by atoms with van der Waals surface area (Å²) in [6.07, 6.45) is 0. The summed E-state index contributed by atoms with van der Waals surface area (Å²) in [5.74, 6) is 0.161. The second-order valence-corrected chi connectivity index (χ2v) is 4.99. The van der Waals surface area contributed by atoms with Crippen molar-refractivity contribution in [3.8, 4) is 5.75 Å². The predicted molar refractivity (Wildman–Crippen MR) is 72.6 cm³/mol. The van der Waals surface area contributed by atoms with Crippen LogP contribution in [0.1, 0.15) is 19.4 Å². The van der Waals surface area contributed by atoms with E-state index in [1.165, 1.54) is 19.2 Å². The number of rotatable bonds is 5. The number of hydrogen-bond acceptors (Lipinski definition) is 3. The van der Waals surface area contributed by atoms with Gasteiger partial charge in [-0.05, 0) is 39.1 Å². The molecule has 0 spiro atoms. The molecule has 106 valence electrons. The van der Waals surface area contributed by atoms with Gasteiger partial charge in [-0.25, -0.2) is 4.39 Å². The van der Waals surface area contributed by atoms with Crippen LogP contribution in [0.5, 0.6) is 5.75 Å². The molecule has 0 fully saturated rings.